The summed E-state index contributed by atoms with van der Waals surface area (Å²) in [7, 11) is 0. The van der Waals surface area contributed by atoms with Gasteiger partial charge < -0.3 is 4.57 Å². The molecule has 24 heavy (non-hydrogen) atoms. The van der Waals surface area contributed by atoms with E-state index in [2.05, 4.69) is 14.5 Å². The molecule has 4 rings (SSSR count). The fourth-order valence-corrected chi connectivity index (χ4v) is 2.96. The zero-order valence-corrected chi connectivity index (χ0v) is 12.8. The smallest absolute Gasteiger partial charge is 0.287 e. The van der Waals surface area contributed by atoms with Crippen LogP contribution < -0.4 is 0 Å². The summed E-state index contributed by atoms with van der Waals surface area (Å²) < 4.78 is 2.17. The number of hydrogen-bond acceptors (Lipinski definition) is 4. The standard InChI is InChI=1S/C18H14N4O2/c23-22(24)14-6-7-15(20-12-14)16-8-9-17-18(19-10-11-21(16)17)13-4-2-1-3-5-13/h1-9,12H,10-11H2. The predicted molar refractivity (Wildman–Crippen MR) is 91.3 cm³/mol. The fourth-order valence-electron chi connectivity index (χ4n) is 2.96. The second kappa shape index (κ2) is 5.73. The summed E-state index contributed by atoms with van der Waals surface area (Å²) in [6, 6.07) is 17.3. The van der Waals surface area contributed by atoms with Gasteiger partial charge in [0, 0.05) is 18.2 Å². The van der Waals surface area contributed by atoms with Gasteiger partial charge in [-0.15, -0.1) is 0 Å². The monoisotopic (exact) mass is 318 g/mol. The summed E-state index contributed by atoms with van der Waals surface area (Å²) in [6.45, 7) is 1.47. The van der Waals surface area contributed by atoms with Crippen LogP contribution in [0.3, 0.4) is 0 Å². The number of aromatic nitrogens is 2. The Morgan fingerprint density at radius 2 is 1.79 bits per heavy atom. The quantitative estimate of drug-likeness (QED) is 0.549. The average molecular weight is 318 g/mol. The van der Waals surface area contributed by atoms with Gasteiger partial charge in [-0.25, -0.2) is 4.98 Å². The first-order chi connectivity index (χ1) is 11.7. The molecular weight excluding hydrogens is 304 g/mol. The third-order valence-corrected chi connectivity index (χ3v) is 4.09. The van der Waals surface area contributed by atoms with Crippen LogP contribution in [-0.4, -0.2) is 26.7 Å². The SMILES string of the molecule is O=[N+]([O-])c1ccc(-c2ccc3n2CCN=C3c2ccccc2)nc1. The van der Waals surface area contributed by atoms with Crippen molar-refractivity contribution in [2.24, 2.45) is 4.99 Å². The van der Waals surface area contributed by atoms with Crippen LogP contribution in [0.15, 0.2) is 65.8 Å². The molecule has 2 aromatic heterocycles. The summed E-state index contributed by atoms with van der Waals surface area (Å²) in [5, 5.41) is 10.8. The molecule has 0 atom stereocenters. The number of rotatable bonds is 3. The molecule has 0 radical (unpaired) electrons. The number of nitrogens with zero attached hydrogens (tertiary/aromatic N) is 4. The maximum Gasteiger partial charge on any atom is 0.287 e. The van der Waals surface area contributed by atoms with Gasteiger partial charge >= 0.3 is 0 Å². The molecule has 1 aliphatic heterocycles. The normalized spacial score (nSPS) is 13.2. The van der Waals surface area contributed by atoms with Gasteiger partial charge in [-0.3, -0.25) is 15.1 Å². The summed E-state index contributed by atoms with van der Waals surface area (Å²) in [5.74, 6) is 0. The molecule has 118 valence electrons. The Morgan fingerprint density at radius 3 is 2.50 bits per heavy atom. The molecule has 3 aromatic rings. The maximum atomic E-state index is 10.8. The Labute approximate surface area is 138 Å². The van der Waals surface area contributed by atoms with Crippen LogP contribution >= 0.6 is 0 Å². The highest BCUT2D eigenvalue weighted by atomic mass is 16.6. The second-order valence-corrected chi connectivity index (χ2v) is 5.51. The van der Waals surface area contributed by atoms with Crippen LogP contribution in [0.25, 0.3) is 11.4 Å². The molecular formula is C18H14N4O2. The van der Waals surface area contributed by atoms with Crippen molar-refractivity contribution in [2.75, 3.05) is 6.54 Å². The highest BCUT2D eigenvalue weighted by Gasteiger charge is 2.20. The largest absolute Gasteiger partial charge is 0.336 e. The first-order valence-corrected chi connectivity index (χ1v) is 7.64. The summed E-state index contributed by atoms with van der Waals surface area (Å²) in [5.41, 5.74) is 4.76. The number of nitro groups is 1. The second-order valence-electron chi connectivity index (χ2n) is 5.51. The van der Waals surface area contributed by atoms with Gasteiger partial charge in [0.15, 0.2) is 0 Å². The molecule has 1 aliphatic rings. The van der Waals surface area contributed by atoms with Crippen molar-refractivity contribution in [3.05, 3.63) is 82.2 Å². The number of hydrogen-bond donors (Lipinski definition) is 0. The molecule has 3 heterocycles. The van der Waals surface area contributed by atoms with Gasteiger partial charge in [0.05, 0.1) is 34.3 Å². The third kappa shape index (κ3) is 2.38. The lowest BCUT2D eigenvalue weighted by Crippen LogP contribution is -2.19. The summed E-state index contributed by atoms with van der Waals surface area (Å²) in [6.07, 6.45) is 1.30. The highest BCUT2D eigenvalue weighted by Crippen LogP contribution is 2.26. The minimum atomic E-state index is -0.440. The van der Waals surface area contributed by atoms with Gasteiger partial charge in [0.25, 0.3) is 5.69 Å². The molecule has 0 saturated heterocycles. The lowest BCUT2D eigenvalue weighted by atomic mass is 10.1. The molecule has 0 unspecified atom stereocenters. The van der Waals surface area contributed by atoms with Crippen molar-refractivity contribution in [3.8, 4) is 11.4 Å². The molecule has 0 spiro atoms. The maximum absolute atomic E-state index is 10.8. The average Bonchev–Trinajstić information content (AvgIpc) is 3.06. The van der Waals surface area contributed by atoms with E-state index in [9.17, 15) is 10.1 Å². The molecule has 0 saturated carbocycles. The Morgan fingerprint density at radius 1 is 1.00 bits per heavy atom. The van der Waals surface area contributed by atoms with Crippen molar-refractivity contribution in [3.63, 3.8) is 0 Å². The fraction of sp³-hybridized carbons (Fsp3) is 0.111. The summed E-state index contributed by atoms with van der Waals surface area (Å²) in [4.78, 5) is 19.3. The van der Waals surface area contributed by atoms with Crippen LogP contribution in [0.2, 0.25) is 0 Å². The van der Waals surface area contributed by atoms with E-state index in [1.165, 1.54) is 12.3 Å². The van der Waals surface area contributed by atoms with E-state index >= 15 is 0 Å². The van der Waals surface area contributed by atoms with Crippen molar-refractivity contribution in [1.82, 2.24) is 9.55 Å². The van der Waals surface area contributed by atoms with E-state index in [0.29, 0.717) is 6.54 Å². The van der Waals surface area contributed by atoms with Gasteiger partial charge in [-0.2, -0.15) is 0 Å². The number of pyridine rings is 1. The first-order valence-electron chi connectivity index (χ1n) is 7.64. The van der Waals surface area contributed by atoms with Gasteiger partial charge in [-0.05, 0) is 18.2 Å². The van der Waals surface area contributed by atoms with Gasteiger partial charge in [0.2, 0.25) is 0 Å². The van der Waals surface area contributed by atoms with E-state index in [1.807, 2.05) is 42.5 Å². The predicted octanol–water partition coefficient (Wildman–Crippen LogP) is 3.31. The van der Waals surface area contributed by atoms with Crippen molar-refractivity contribution in [2.45, 2.75) is 6.54 Å². The molecule has 0 N–H and O–H groups in total. The summed E-state index contributed by atoms with van der Waals surface area (Å²) >= 11 is 0. The molecule has 0 amide bonds. The molecule has 0 fully saturated rings. The van der Waals surface area contributed by atoms with E-state index in [-0.39, 0.29) is 5.69 Å². The Hall–Kier alpha value is -3.28. The van der Waals surface area contributed by atoms with E-state index in [4.69, 9.17) is 0 Å². The zero-order chi connectivity index (χ0) is 16.5. The van der Waals surface area contributed by atoms with Crippen LogP contribution in [0, 0.1) is 10.1 Å². The highest BCUT2D eigenvalue weighted by molar-refractivity contribution is 6.12. The third-order valence-electron chi connectivity index (χ3n) is 4.09. The Bertz CT molecular complexity index is 927. The van der Waals surface area contributed by atoms with Gasteiger partial charge in [-0.1, -0.05) is 30.3 Å². The molecule has 0 aliphatic carbocycles. The number of aliphatic imine (C=N–C) groups is 1. The number of benzene rings is 1. The minimum absolute atomic E-state index is 0.00397. The van der Waals surface area contributed by atoms with Crippen LogP contribution in [0.1, 0.15) is 11.3 Å². The van der Waals surface area contributed by atoms with Crippen molar-refractivity contribution >= 4 is 11.4 Å². The van der Waals surface area contributed by atoms with Crippen molar-refractivity contribution < 1.29 is 4.92 Å². The molecule has 6 heteroatoms. The first kappa shape index (κ1) is 14.3. The van der Waals surface area contributed by atoms with Crippen LogP contribution in [0.5, 0.6) is 0 Å². The van der Waals surface area contributed by atoms with E-state index in [0.717, 1.165) is 34.9 Å². The van der Waals surface area contributed by atoms with Gasteiger partial charge in [0.1, 0.15) is 6.20 Å². The zero-order valence-electron chi connectivity index (χ0n) is 12.8. The Kier molecular flexibility index (Phi) is 3.42. The lowest BCUT2D eigenvalue weighted by molar-refractivity contribution is -0.385. The molecule has 0 bridgehead atoms. The molecule has 6 nitrogen and oxygen atoms in total. The van der Waals surface area contributed by atoms with Crippen LogP contribution in [-0.2, 0) is 6.54 Å². The molecule has 1 aromatic carbocycles. The number of fused-ring (bicyclic) bond motifs is 1. The topological polar surface area (TPSA) is 73.3 Å². The van der Waals surface area contributed by atoms with E-state index in [1.54, 1.807) is 6.07 Å². The van der Waals surface area contributed by atoms with E-state index < -0.39 is 4.92 Å². The Balaban J connectivity index is 1.75. The van der Waals surface area contributed by atoms with Crippen LogP contribution in [0.4, 0.5) is 5.69 Å². The lowest BCUT2D eigenvalue weighted by Gasteiger charge is -2.18. The van der Waals surface area contributed by atoms with Crippen molar-refractivity contribution in [1.29, 1.82) is 0 Å². The minimum Gasteiger partial charge on any atom is -0.336 e.